The monoisotopic (exact) mass is 292 g/mol. The van der Waals surface area contributed by atoms with Gasteiger partial charge in [-0.1, -0.05) is 0 Å². The van der Waals surface area contributed by atoms with Gasteiger partial charge in [0.2, 0.25) is 5.91 Å². The minimum atomic E-state index is -3.99. The van der Waals surface area contributed by atoms with Crippen LogP contribution in [0.25, 0.3) is 0 Å². The third kappa shape index (κ3) is 3.41. The smallest absolute Gasteiger partial charge is 0.273 e. The normalized spacial score (nSPS) is 11.0. The summed E-state index contributed by atoms with van der Waals surface area (Å²) >= 11 is 0. The van der Waals surface area contributed by atoms with Gasteiger partial charge < -0.3 is 5.32 Å². The number of carbonyl (C=O) groups excluding carboxylic acids is 1. The van der Waals surface area contributed by atoms with Crippen LogP contribution in [-0.2, 0) is 20.3 Å². The number of rotatable bonds is 4. The van der Waals surface area contributed by atoms with E-state index in [9.17, 15) is 23.3 Å². The zero-order valence-corrected chi connectivity index (χ0v) is 10.8. The first kappa shape index (κ1) is 14.4. The van der Waals surface area contributed by atoms with E-state index in [1.807, 2.05) is 0 Å². The van der Waals surface area contributed by atoms with Crippen molar-refractivity contribution in [2.45, 2.75) is 11.3 Å². The van der Waals surface area contributed by atoms with Crippen LogP contribution in [-0.4, -0.2) is 26.3 Å². The van der Waals surface area contributed by atoms with Gasteiger partial charge in [-0.3, -0.25) is 14.9 Å². The van der Waals surface area contributed by atoms with Gasteiger partial charge in [-0.15, -0.1) is 0 Å². The summed E-state index contributed by atoms with van der Waals surface area (Å²) in [6, 6.07) is 3.05. The molecule has 1 rings (SSSR count). The number of nitro groups is 1. The summed E-state index contributed by atoms with van der Waals surface area (Å²) < 4.78 is 22.2. The molecule has 1 aromatic carbocycles. The number of benzene rings is 1. The van der Waals surface area contributed by atoms with Crippen molar-refractivity contribution in [1.82, 2.24) is 5.32 Å². The summed E-state index contributed by atoms with van der Waals surface area (Å²) in [5.41, 5.74) is -0.344. The predicted octanol–water partition coefficient (Wildman–Crippen LogP) is 0.811. The van der Waals surface area contributed by atoms with Gasteiger partial charge in [0.1, 0.15) is 0 Å². The maximum Gasteiger partial charge on any atom is 0.273 e. The molecule has 1 aromatic rings. The molecule has 0 aliphatic rings. The largest absolute Gasteiger partial charge is 0.359 e. The van der Waals surface area contributed by atoms with E-state index < -0.39 is 19.9 Å². The fraction of sp³-hybridized carbons (Fsp3) is 0.222. The Morgan fingerprint density at radius 2 is 2.11 bits per heavy atom. The van der Waals surface area contributed by atoms with E-state index in [2.05, 4.69) is 5.32 Å². The van der Waals surface area contributed by atoms with Crippen LogP contribution in [0.2, 0.25) is 0 Å². The molecule has 0 aromatic heterocycles. The summed E-state index contributed by atoms with van der Waals surface area (Å²) in [5, 5.41) is 13.0. The van der Waals surface area contributed by atoms with Gasteiger partial charge in [0, 0.05) is 29.4 Å². The van der Waals surface area contributed by atoms with Crippen LogP contribution in [0.15, 0.2) is 23.1 Å². The highest BCUT2D eigenvalue weighted by atomic mass is 35.7. The summed E-state index contributed by atoms with van der Waals surface area (Å²) in [4.78, 5) is 21.0. The van der Waals surface area contributed by atoms with Crippen LogP contribution in [0.4, 0.5) is 5.69 Å². The Balaban J connectivity index is 3.33. The second kappa shape index (κ2) is 5.32. The molecule has 0 aliphatic heterocycles. The van der Waals surface area contributed by atoms with Gasteiger partial charge in [-0.05, 0) is 12.1 Å². The van der Waals surface area contributed by atoms with E-state index >= 15 is 0 Å². The molecule has 9 heteroatoms. The second-order valence-corrected chi connectivity index (χ2v) is 5.90. The molecule has 98 valence electrons. The molecular weight excluding hydrogens is 284 g/mol. The number of amides is 1. The molecule has 18 heavy (non-hydrogen) atoms. The number of hydrogen-bond donors (Lipinski definition) is 1. The van der Waals surface area contributed by atoms with Gasteiger partial charge in [-0.25, -0.2) is 8.42 Å². The molecule has 0 saturated carbocycles. The van der Waals surface area contributed by atoms with E-state index in [-0.39, 0.29) is 22.6 Å². The van der Waals surface area contributed by atoms with E-state index in [1.54, 1.807) is 0 Å². The van der Waals surface area contributed by atoms with Crippen molar-refractivity contribution in [2.24, 2.45) is 0 Å². The highest BCUT2D eigenvalue weighted by Crippen LogP contribution is 2.24. The molecule has 1 amide bonds. The molecule has 1 N–H and O–H groups in total. The fourth-order valence-electron chi connectivity index (χ4n) is 1.29. The summed E-state index contributed by atoms with van der Waals surface area (Å²) in [7, 11) is 2.51. The van der Waals surface area contributed by atoms with Crippen LogP contribution >= 0.6 is 10.7 Å². The molecule has 0 saturated heterocycles. The van der Waals surface area contributed by atoms with E-state index in [1.165, 1.54) is 7.05 Å². The molecule has 7 nitrogen and oxygen atoms in total. The summed E-state index contributed by atoms with van der Waals surface area (Å²) in [5.74, 6) is -0.470. The minimum Gasteiger partial charge on any atom is -0.359 e. The van der Waals surface area contributed by atoms with Gasteiger partial charge in [0.05, 0.1) is 16.2 Å². The lowest BCUT2D eigenvalue weighted by atomic mass is 10.1. The number of nitro benzene ring substituents is 1. The van der Waals surface area contributed by atoms with Crippen LogP contribution < -0.4 is 5.32 Å². The lowest BCUT2D eigenvalue weighted by Crippen LogP contribution is -2.20. The number of halogens is 1. The van der Waals surface area contributed by atoms with Crippen molar-refractivity contribution in [1.29, 1.82) is 0 Å². The SMILES string of the molecule is CNC(=O)Cc1cc(S(=O)(=O)Cl)ccc1[N+](=O)[O-]. The first-order valence-corrected chi connectivity index (χ1v) is 6.99. The van der Waals surface area contributed by atoms with Crippen molar-refractivity contribution < 1.29 is 18.1 Å². The standard InChI is InChI=1S/C9H9ClN2O5S/c1-11-9(13)5-6-4-7(18(10,16)17)2-3-8(6)12(14)15/h2-4H,5H2,1H3,(H,11,13). The zero-order chi connectivity index (χ0) is 13.9. The van der Waals surface area contributed by atoms with Crippen molar-refractivity contribution in [3.63, 3.8) is 0 Å². The van der Waals surface area contributed by atoms with Gasteiger partial charge in [0.25, 0.3) is 14.7 Å². The molecule has 0 atom stereocenters. The molecular formula is C9H9ClN2O5S. The molecule has 0 aliphatic carbocycles. The molecule has 0 heterocycles. The maximum atomic E-state index is 11.2. The molecule has 0 unspecified atom stereocenters. The quantitative estimate of drug-likeness (QED) is 0.502. The number of nitrogens with zero attached hydrogens (tertiary/aromatic N) is 1. The third-order valence-corrected chi connectivity index (χ3v) is 3.51. The van der Waals surface area contributed by atoms with Gasteiger partial charge in [-0.2, -0.15) is 0 Å². The Hall–Kier alpha value is -1.67. The Labute approximate surface area is 107 Å². The number of hydrogen-bond acceptors (Lipinski definition) is 5. The van der Waals surface area contributed by atoms with Crippen LogP contribution in [0.1, 0.15) is 5.56 Å². The van der Waals surface area contributed by atoms with Gasteiger partial charge in [0.15, 0.2) is 0 Å². The molecule has 0 spiro atoms. The maximum absolute atomic E-state index is 11.2. The Bertz CT molecular complexity index is 599. The van der Waals surface area contributed by atoms with Crippen LogP contribution in [0, 0.1) is 10.1 Å². The van der Waals surface area contributed by atoms with E-state index in [0.29, 0.717) is 0 Å². The summed E-state index contributed by atoms with van der Waals surface area (Å²) in [6.07, 6.45) is -0.299. The minimum absolute atomic E-state index is 0.0129. The van der Waals surface area contributed by atoms with Crippen LogP contribution in [0.5, 0.6) is 0 Å². The highest BCUT2D eigenvalue weighted by molar-refractivity contribution is 8.13. The highest BCUT2D eigenvalue weighted by Gasteiger charge is 2.20. The first-order valence-electron chi connectivity index (χ1n) is 4.68. The molecule has 0 bridgehead atoms. The van der Waals surface area contributed by atoms with Crippen LogP contribution in [0.3, 0.4) is 0 Å². The number of carbonyl (C=O) groups is 1. The van der Waals surface area contributed by atoms with Crippen molar-refractivity contribution in [3.8, 4) is 0 Å². The average molecular weight is 293 g/mol. The molecule has 0 fully saturated rings. The van der Waals surface area contributed by atoms with Crippen molar-refractivity contribution in [3.05, 3.63) is 33.9 Å². The molecule has 0 radical (unpaired) electrons. The topological polar surface area (TPSA) is 106 Å². The van der Waals surface area contributed by atoms with E-state index in [0.717, 1.165) is 18.2 Å². The first-order chi connectivity index (χ1) is 8.25. The average Bonchev–Trinajstić information content (AvgIpc) is 2.27. The lowest BCUT2D eigenvalue weighted by Gasteiger charge is -2.04. The number of likely N-dealkylation sites (N-methyl/N-ethyl adjacent to an activating group) is 1. The van der Waals surface area contributed by atoms with Crippen molar-refractivity contribution >= 4 is 31.3 Å². The fourth-order valence-corrected chi connectivity index (χ4v) is 2.10. The Kier molecular flexibility index (Phi) is 4.25. The van der Waals surface area contributed by atoms with Gasteiger partial charge >= 0.3 is 0 Å². The second-order valence-electron chi connectivity index (χ2n) is 3.34. The Morgan fingerprint density at radius 1 is 1.50 bits per heavy atom. The Morgan fingerprint density at radius 3 is 2.56 bits per heavy atom. The number of nitrogens with one attached hydrogen (secondary N) is 1. The predicted molar refractivity (Wildman–Crippen MR) is 63.9 cm³/mol. The van der Waals surface area contributed by atoms with E-state index in [4.69, 9.17) is 10.7 Å². The zero-order valence-electron chi connectivity index (χ0n) is 9.21. The van der Waals surface area contributed by atoms with Crippen molar-refractivity contribution in [2.75, 3.05) is 7.05 Å². The lowest BCUT2D eigenvalue weighted by molar-refractivity contribution is -0.385. The third-order valence-electron chi connectivity index (χ3n) is 2.16. The summed E-state index contributed by atoms with van der Waals surface area (Å²) in [6.45, 7) is 0.